The molecule has 4 heteroatoms. The molecular formula is C18H22N2O2. The van der Waals surface area contributed by atoms with Gasteiger partial charge < -0.3 is 10.4 Å². The van der Waals surface area contributed by atoms with Crippen molar-refractivity contribution in [2.45, 2.75) is 33.4 Å². The molecule has 0 radical (unpaired) electrons. The Labute approximate surface area is 131 Å². The summed E-state index contributed by atoms with van der Waals surface area (Å²) < 4.78 is 0. The number of nitrogens with zero attached hydrogens (tertiary/aromatic N) is 1. The summed E-state index contributed by atoms with van der Waals surface area (Å²) >= 11 is 0. The molecule has 116 valence electrons. The van der Waals surface area contributed by atoms with Gasteiger partial charge >= 0.3 is 5.97 Å². The summed E-state index contributed by atoms with van der Waals surface area (Å²) in [6.07, 6.45) is 1.81. The molecule has 1 aromatic heterocycles. The van der Waals surface area contributed by atoms with Crippen LogP contribution in [0.2, 0.25) is 0 Å². The van der Waals surface area contributed by atoms with E-state index in [1.54, 1.807) is 18.2 Å². The molecule has 0 spiro atoms. The van der Waals surface area contributed by atoms with Gasteiger partial charge in [-0.15, -0.1) is 0 Å². The third-order valence-corrected chi connectivity index (χ3v) is 3.71. The van der Waals surface area contributed by atoms with Crippen LogP contribution in [0.1, 0.15) is 47.1 Å². The van der Waals surface area contributed by atoms with Gasteiger partial charge in [0.15, 0.2) is 0 Å². The molecule has 4 nitrogen and oxygen atoms in total. The molecular weight excluding hydrogens is 276 g/mol. The van der Waals surface area contributed by atoms with Crippen molar-refractivity contribution < 1.29 is 9.90 Å². The zero-order valence-corrected chi connectivity index (χ0v) is 13.2. The number of hydrogen-bond acceptors (Lipinski definition) is 3. The van der Waals surface area contributed by atoms with Crippen LogP contribution in [0.25, 0.3) is 0 Å². The number of carbonyl (C=O) groups is 1. The van der Waals surface area contributed by atoms with Gasteiger partial charge in [0.2, 0.25) is 0 Å². The van der Waals surface area contributed by atoms with E-state index in [2.05, 4.69) is 37.1 Å². The molecule has 0 aliphatic carbocycles. The van der Waals surface area contributed by atoms with Crippen molar-refractivity contribution in [3.8, 4) is 0 Å². The lowest BCUT2D eigenvalue weighted by Gasteiger charge is -2.23. The maximum absolute atomic E-state index is 11.0. The molecule has 0 saturated carbocycles. The smallest absolute Gasteiger partial charge is 0.335 e. The van der Waals surface area contributed by atoms with Crippen molar-refractivity contribution in [1.29, 1.82) is 0 Å². The average molecular weight is 298 g/mol. The molecule has 22 heavy (non-hydrogen) atoms. The highest BCUT2D eigenvalue weighted by Gasteiger charge is 2.18. The van der Waals surface area contributed by atoms with Crippen LogP contribution in [-0.4, -0.2) is 16.1 Å². The lowest BCUT2D eigenvalue weighted by molar-refractivity contribution is 0.0696. The molecule has 0 fully saturated rings. The molecule has 2 N–H and O–H groups in total. The Kier molecular flexibility index (Phi) is 5.28. The van der Waals surface area contributed by atoms with Crippen LogP contribution in [0, 0.1) is 12.8 Å². The van der Waals surface area contributed by atoms with Gasteiger partial charge in [0.25, 0.3) is 0 Å². The van der Waals surface area contributed by atoms with Gasteiger partial charge in [-0.3, -0.25) is 4.98 Å². The fourth-order valence-corrected chi connectivity index (χ4v) is 2.51. The molecule has 0 saturated heterocycles. The van der Waals surface area contributed by atoms with E-state index in [4.69, 9.17) is 5.11 Å². The molecule has 1 unspecified atom stereocenters. The first-order valence-electron chi connectivity index (χ1n) is 7.46. The van der Waals surface area contributed by atoms with Crippen LogP contribution >= 0.6 is 0 Å². The third kappa shape index (κ3) is 3.92. The number of aryl methyl sites for hydroxylation is 1. The minimum Gasteiger partial charge on any atom is -0.478 e. The van der Waals surface area contributed by atoms with Gasteiger partial charge in [0, 0.05) is 12.7 Å². The number of nitrogens with one attached hydrogen (secondary N) is 1. The van der Waals surface area contributed by atoms with Crippen LogP contribution < -0.4 is 5.32 Å². The van der Waals surface area contributed by atoms with Crippen LogP contribution in [0.15, 0.2) is 42.6 Å². The lowest BCUT2D eigenvalue weighted by Crippen LogP contribution is -2.27. The largest absolute Gasteiger partial charge is 0.478 e. The number of aromatic nitrogens is 1. The minimum atomic E-state index is -0.900. The highest BCUT2D eigenvalue weighted by molar-refractivity contribution is 5.87. The van der Waals surface area contributed by atoms with Crippen molar-refractivity contribution in [1.82, 2.24) is 10.3 Å². The highest BCUT2D eigenvalue weighted by Crippen LogP contribution is 2.23. The molecule has 0 aliphatic heterocycles. The van der Waals surface area contributed by atoms with Crippen molar-refractivity contribution in [3.63, 3.8) is 0 Å². The van der Waals surface area contributed by atoms with E-state index < -0.39 is 5.97 Å². The Hall–Kier alpha value is -2.20. The van der Waals surface area contributed by atoms with E-state index in [0.717, 1.165) is 16.8 Å². The van der Waals surface area contributed by atoms with E-state index in [1.165, 1.54) is 0 Å². The van der Waals surface area contributed by atoms with E-state index in [1.807, 2.05) is 18.3 Å². The molecule has 0 bridgehead atoms. The Morgan fingerprint density at radius 2 is 2.05 bits per heavy atom. The van der Waals surface area contributed by atoms with Crippen molar-refractivity contribution in [2.24, 2.45) is 5.92 Å². The van der Waals surface area contributed by atoms with Gasteiger partial charge in [0.05, 0.1) is 17.3 Å². The number of carboxylic acid groups (broad SMARTS) is 1. The molecule has 0 amide bonds. The van der Waals surface area contributed by atoms with E-state index in [0.29, 0.717) is 18.0 Å². The van der Waals surface area contributed by atoms with E-state index in [9.17, 15) is 4.79 Å². The number of aromatic carboxylic acids is 1. The summed E-state index contributed by atoms with van der Waals surface area (Å²) in [4.78, 5) is 15.5. The van der Waals surface area contributed by atoms with E-state index >= 15 is 0 Å². The fraction of sp³-hybridized carbons (Fsp3) is 0.333. The summed E-state index contributed by atoms with van der Waals surface area (Å²) in [6.45, 7) is 6.98. The van der Waals surface area contributed by atoms with Crippen LogP contribution in [0.5, 0.6) is 0 Å². The number of carboxylic acids is 1. The van der Waals surface area contributed by atoms with Crippen molar-refractivity contribution in [2.75, 3.05) is 0 Å². The average Bonchev–Trinajstić information content (AvgIpc) is 2.49. The number of hydrogen-bond donors (Lipinski definition) is 2. The molecule has 0 aliphatic rings. The Morgan fingerprint density at radius 1 is 1.27 bits per heavy atom. The van der Waals surface area contributed by atoms with Crippen LogP contribution in [-0.2, 0) is 6.54 Å². The third-order valence-electron chi connectivity index (χ3n) is 3.71. The standard InChI is InChI=1S/C18H22N2O2/c1-12(2)16(17-13(3)6-5-9-19-17)20-11-14-7-4-8-15(10-14)18(21)22/h4-10,12,16,20H,11H2,1-3H3,(H,21,22). The summed E-state index contributed by atoms with van der Waals surface area (Å²) in [5.41, 5.74) is 3.48. The van der Waals surface area contributed by atoms with Crippen LogP contribution in [0.4, 0.5) is 0 Å². The van der Waals surface area contributed by atoms with Crippen LogP contribution in [0.3, 0.4) is 0 Å². The number of rotatable bonds is 6. The lowest BCUT2D eigenvalue weighted by atomic mass is 9.97. The number of pyridine rings is 1. The Morgan fingerprint density at radius 3 is 2.68 bits per heavy atom. The first-order valence-corrected chi connectivity index (χ1v) is 7.46. The second-order valence-electron chi connectivity index (χ2n) is 5.81. The summed E-state index contributed by atoms with van der Waals surface area (Å²) in [5.74, 6) is -0.515. The predicted octanol–water partition coefficient (Wildman–Crippen LogP) is 3.58. The minimum absolute atomic E-state index is 0.134. The predicted molar refractivity (Wildman–Crippen MR) is 86.8 cm³/mol. The molecule has 1 heterocycles. The fourth-order valence-electron chi connectivity index (χ4n) is 2.51. The van der Waals surface area contributed by atoms with Gasteiger partial charge in [0.1, 0.15) is 0 Å². The Bertz CT molecular complexity index is 653. The summed E-state index contributed by atoms with van der Waals surface area (Å²) in [6, 6.07) is 11.2. The van der Waals surface area contributed by atoms with Gasteiger partial charge in [-0.05, 0) is 42.2 Å². The molecule has 1 aromatic carbocycles. The monoisotopic (exact) mass is 298 g/mol. The zero-order valence-electron chi connectivity index (χ0n) is 13.2. The number of benzene rings is 1. The summed E-state index contributed by atoms with van der Waals surface area (Å²) in [5, 5.41) is 12.6. The maximum Gasteiger partial charge on any atom is 0.335 e. The molecule has 2 rings (SSSR count). The van der Waals surface area contributed by atoms with E-state index in [-0.39, 0.29) is 6.04 Å². The second-order valence-corrected chi connectivity index (χ2v) is 5.81. The topological polar surface area (TPSA) is 62.2 Å². The maximum atomic E-state index is 11.0. The molecule has 1 atom stereocenters. The van der Waals surface area contributed by atoms with Gasteiger partial charge in [-0.25, -0.2) is 4.79 Å². The summed E-state index contributed by atoms with van der Waals surface area (Å²) in [7, 11) is 0. The molecule has 2 aromatic rings. The van der Waals surface area contributed by atoms with Crippen molar-refractivity contribution in [3.05, 3.63) is 65.0 Å². The highest BCUT2D eigenvalue weighted by atomic mass is 16.4. The normalized spacial score (nSPS) is 12.4. The first-order chi connectivity index (χ1) is 10.5. The second kappa shape index (κ2) is 7.18. The zero-order chi connectivity index (χ0) is 16.1. The quantitative estimate of drug-likeness (QED) is 0.855. The van der Waals surface area contributed by atoms with Gasteiger partial charge in [-0.1, -0.05) is 32.0 Å². The van der Waals surface area contributed by atoms with Gasteiger partial charge in [-0.2, -0.15) is 0 Å². The first kappa shape index (κ1) is 16.2. The SMILES string of the molecule is Cc1cccnc1C(NCc1cccc(C(=O)O)c1)C(C)C. The Balaban J connectivity index is 2.15. The van der Waals surface area contributed by atoms with Crippen molar-refractivity contribution >= 4 is 5.97 Å².